The smallest absolute Gasteiger partial charge is 0.317 e. The van der Waals surface area contributed by atoms with Crippen LogP contribution < -0.4 is 0 Å². The number of carbonyl (C=O) groups is 4. The fraction of sp³-hybridized carbons (Fsp3) is 0.750. The summed E-state index contributed by atoms with van der Waals surface area (Å²) in [6.07, 6.45) is -6.39. The zero-order chi connectivity index (χ0) is 25.4. The van der Waals surface area contributed by atoms with Gasteiger partial charge in [0.1, 0.15) is 24.4 Å². The fourth-order valence-corrected chi connectivity index (χ4v) is 2.15. The second kappa shape index (κ2) is 17.2. The molecule has 0 spiro atoms. The van der Waals surface area contributed by atoms with Crippen LogP contribution in [0.2, 0.25) is 0 Å². The van der Waals surface area contributed by atoms with Crippen LogP contribution in [0.4, 0.5) is 0 Å². The number of nitrogens with zero attached hydrogens (tertiary/aromatic N) is 2. The van der Waals surface area contributed by atoms with Crippen LogP contribution in [-0.2, 0) is 19.2 Å². The Morgan fingerprint density at radius 2 is 0.750 bits per heavy atom. The molecule has 0 aromatic rings. The summed E-state index contributed by atoms with van der Waals surface area (Å²) in [5, 5.41) is 86.6. The van der Waals surface area contributed by atoms with E-state index in [4.69, 9.17) is 51.1 Å². The Labute approximate surface area is 181 Å². The van der Waals surface area contributed by atoms with Gasteiger partial charge in [0.25, 0.3) is 0 Å². The molecule has 0 fully saturated rings. The Morgan fingerprint density at radius 3 is 0.906 bits per heavy atom. The molecule has 0 bridgehead atoms. The Balaban J connectivity index is 0. The molecule has 0 aliphatic heterocycles. The van der Waals surface area contributed by atoms with E-state index in [2.05, 4.69) is 0 Å². The lowest BCUT2D eigenvalue weighted by molar-refractivity contribution is -0.145. The van der Waals surface area contributed by atoms with Gasteiger partial charge in [-0.2, -0.15) is 0 Å². The summed E-state index contributed by atoms with van der Waals surface area (Å²) in [6, 6.07) is 0. The molecule has 0 unspecified atom stereocenters. The highest BCUT2D eigenvalue weighted by atomic mass is 16.4. The van der Waals surface area contributed by atoms with E-state index < -0.39 is 87.7 Å². The lowest BCUT2D eigenvalue weighted by Gasteiger charge is -2.24. The minimum Gasteiger partial charge on any atom is -0.480 e. The van der Waals surface area contributed by atoms with Crippen LogP contribution in [0, 0.1) is 0 Å². The Kier molecular flexibility index (Phi) is 17.0. The maximum atomic E-state index is 10.6. The van der Waals surface area contributed by atoms with Gasteiger partial charge in [-0.15, -0.1) is 0 Å². The van der Waals surface area contributed by atoms with Crippen molar-refractivity contribution in [3.05, 3.63) is 0 Å². The summed E-state index contributed by atoms with van der Waals surface area (Å²) in [5.74, 6) is -4.91. The number of rotatable bonds is 16. The van der Waals surface area contributed by atoms with Gasteiger partial charge < -0.3 is 51.1 Å². The molecule has 0 aromatic carbocycles. The molecule has 0 aliphatic rings. The molecule has 16 heteroatoms. The first kappa shape index (κ1) is 31.7. The molecule has 0 saturated heterocycles. The van der Waals surface area contributed by atoms with E-state index in [9.17, 15) is 19.2 Å². The molecule has 0 radical (unpaired) electrons. The Hall–Kier alpha value is -2.44. The molecule has 16 nitrogen and oxygen atoms in total. The molecule has 0 aromatic heterocycles. The molecule has 32 heavy (non-hydrogen) atoms. The predicted molar refractivity (Wildman–Crippen MR) is 102 cm³/mol. The molecule has 0 heterocycles. The average molecular weight is 474 g/mol. The zero-order valence-corrected chi connectivity index (χ0v) is 17.0. The minimum atomic E-state index is -1.67. The quantitative estimate of drug-likeness (QED) is 0.0997. The van der Waals surface area contributed by atoms with Gasteiger partial charge in [-0.05, 0) is 0 Å². The zero-order valence-electron chi connectivity index (χ0n) is 17.0. The molecule has 0 saturated carbocycles. The van der Waals surface area contributed by atoms with Gasteiger partial charge in [0.15, 0.2) is 0 Å². The summed E-state index contributed by atoms with van der Waals surface area (Å²) < 4.78 is 0. The highest BCUT2D eigenvalue weighted by Gasteiger charge is 2.29. The van der Waals surface area contributed by atoms with Gasteiger partial charge in [-0.3, -0.25) is 29.0 Å². The second-order valence-electron chi connectivity index (χ2n) is 6.48. The summed E-state index contributed by atoms with van der Waals surface area (Å²) in [6.45, 7) is -3.70. The number of aliphatic hydroxyl groups is 6. The Morgan fingerprint density at radius 1 is 0.531 bits per heavy atom. The van der Waals surface area contributed by atoms with Crippen molar-refractivity contribution in [3.63, 3.8) is 0 Å². The lowest BCUT2D eigenvalue weighted by Crippen LogP contribution is -2.46. The normalized spacial score (nSPS) is 14.8. The first-order chi connectivity index (χ1) is 14.7. The van der Waals surface area contributed by atoms with Crippen LogP contribution in [0.5, 0.6) is 0 Å². The summed E-state index contributed by atoms with van der Waals surface area (Å²) in [7, 11) is 0. The minimum absolute atomic E-state index is 0.0703. The molecule has 188 valence electrons. The monoisotopic (exact) mass is 474 g/mol. The Bertz CT molecular complexity index is 507. The van der Waals surface area contributed by atoms with Crippen molar-refractivity contribution in [1.29, 1.82) is 0 Å². The average Bonchev–Trinajstić information content (AvgIpc) is 2.68. The maximum Gasteiger partial charge on any atom is 0.317 e. The first-order valence-corrected chi connectivity index (χ1v) is 9.00. The van der Waals surface area contributed by atoms with Crippen LogP contribution in [0.1, 0.15) is 0 Å². The van der Waals surface area contributed by atoms with Crippen LogP contribution in [0.15, 0.2) is 0 Å². The van der Waals surface area contributed by atoms with E-state index in [1.807, 2.05) is 0 Å². The summed E-state index contributed by atoms with van der Waals surface area (Å²) in [5.41, 5.74) is 0. The van der Waals surface area contributed by atoms with Crippen LogP contribution in [0.3, 0.4) is 0 Å². The van der Waals surface area contributed by atoms with Crippen molar-refractivity contribution >= 4 is 23.9 Å². The third-order valence-corrected chi connectivity index (χ3v) is 3.68. The van der Waals surface area contributed by atoms with Crippen molar-refractivity contribution in [3.8, 4) is 0 Å². The van der Waals surface area contributed by atoms with Gasteiger partial charge >= 0.3 is 23.9 Å². The molecule has 0 aliphatic carbocycles. The van der Waals surface area contributed by atoms with Gasteiger partial charge in [0.05, 0.1) is 39.4 Å². The third kappa shape index (κ3) is 16.3. The van der Waals surface area contributed by atoms with E-state index >= 15 is 0 Å². The maximum absolute atomic E-state index is 10.6. The first-order valence-electron chi connectivity index (χ1n) is 9.00. The largest absolute Gasteiger partial charge is 0.480 e. The molecule has 10 N–H and O–H groups in total. The van der Waals surface area contributed by atoms with Gasteiger partial charge in [0, 0.05) is 13.1 Å². The van der Waals surface area contributed by atoms with Crippen molar-refractivity contribution in [2.24, 2.45) is 0 Å². The topological polar surface area (TPSA) is 277 Å². The lowest BCUT2D eigenvalue weighted by atomic mass is 10.0. The van der Waals surface area contributed by atoms with Crippen LogP contribution in [0.25, 0.3) is 0 Å². The summed E-state index contributed by atoms with van der Waals surface area (Å²) >= 11 is 0. The van der Waals surface area contributed by atoms with Gasteiger partial charge in [-0.25, -0.2) is 0 Å². The van der Waals surface area contributed by atoms with Crippen molar-refractivity contribution in [1.82, 2.24) is 9.80 Å². The van der Waals surface area contributed by atoms with Gasteiger partial charge in [-0.1, -0.05) is 0 Å². The highest BCUT2D eigenvalue weighted by Crippen LogP contribution is 2.04. The second-order valence-corrected chi connectivity index (χ2v) is 6.48. The van der Waals surface area contributed by atoms with E-state index in [-0.39, 0.29) is 13.1 Å². The van der Waals surface area contributed by atoms with E-state index in [1.54, 1.807) is 0 Å². The number of hydrogen-bond acceptors (Lipinski definition) is 12. The van der Waals surface area contributed by atoms with Crippen LogP contribution in [-0.4, -0.2) is 162 Å². The SMILES string of the molecule is O=C(O)CN(CCN(CC(=O)O)CC(=O)O)CC(=O)O.OC[C@@H](O)[C@@H](O)[C@H](O)[C@H](O)CO. The number of aliphatic carboxylic acids is 4. The predicted octanol–water partition coefficient (Wildman–Crippen LogP) is -5.66. The van der Waals surface area contributed by atoms with E-state index in [0.717, 1.165) is 9.80 Å². The highest BCUT2D eigenvalue weighted by molar-refractivity contribution is 5.73. The van der Waals surface area contributed by atoms with Crippen LogP contribution >= 0.6 is 0 Å². The van der Waals surface area contributed by atoms with Crippen molar-refractivity contribution in [2.75, 3.05) is 52.5 Å². The summed E-state index contributed by atoms with van der Waals surface area (Å²) in [4.78, 5) is 44.4. The third-order valence-electron chi connectivity index (χ3n) is 3.68. The number of carboxylic acid groups (broad SMARTS) is 4. The molecule has 0 amide bonds. The van der Waals surface area contributed by atoms with Crippen molar-refractivity contribution < 1.29 is 70.2 Å². The molecular formula is C16H30N2O14. The molecule has 0 rings (SSSR count). The molecule has 4 atom stereocenters. The number of hydrogen-bond donors (Lipinski definition) is 10. The van der Waals surface area contributed by atoms with Crippen molar-refractivity contribution in [2.45, 2.75) is 24.4 Å². The van der Waals surface area contributed by atoms with E-state index in [1.165, 1.54) is 0 Å². The number of carboxylic acids is 4. The van der Waals surface area contributed by atoms with E-state index in [0.29, 0.717) is 0 Å². The number of aliphatic hydroxyl groups excluding tert-OH is 6. The standard InChI is InChI=1S/C10H16N2O8.C6H14O6/c13-7(14)3-11(4-8(15)16)1-2-12(5-9(17)18)6-10(19)20;7-1-3(9)5(11)6(12)4(10)2-8/h1-6H2,(H,13,14)(H,15,16)(H,17,18)(H,19,20);3-12H,1-2H2/t;3-,4-,5-,6-/m.1/s1. The van der Waals surface area contributed by atoms with Gasteiger partial charge in [0.2, 0.25) is 0 Å². The molecular weight excluding hydrogens is 444 g/mol. The fourth-order valence-electron chi connectivity index (χ4n) is 2.15.